The molecule has 0 aromatic heterocycles. The molecule has 0 radical (unpaired) electrons. The number of nitrogens with zero attached hydrogens (tertiary/aromatic N) is 2. The Hall–Kier alpha value is -2.67. The number of hydrogen-bond donors (Lipinski definition) is 2. The molecule has 6 nitrogen and oxygen atoms in total. The van der Waals surface area contributed by atoms with Crippen LogP contribution in [0.3, 0.4) is 0 Å². The van der Waals surface area contributed by atoms with Crippen LogP contribution >= 0.6 is 0 Å². The summed E-state index contributed by atoms with van der Waals surface area (Å²) in [5.74, 6) is 0.729. The highest BCUT2D eigenvalue weighted by atomic mass is 16.5. The van der Waals surface area contributed by atoms with Crippen LogP contribution in [0.15, 0.2) is 42.2 Å². The predicted octanol–water partition coefficient (Wildman–Crippen LogP) is 3.42. The fraction of sp³-hybridized carbons (Fsp3) is 0.423. The highest BCUT2D eigenvalue weighted by Gasteiger charge is 2.32. The molecule has 4 rings (SSSR count). The number of phenolic OH excluding ortho intramolecular Hbond substituents is 1. The number of carbonyl (C=O) groups excluding carboxylic acids is 1. The molecule has 0 spiro atoms. The van der Waals surface area contributed by atoms with Crippen molar-refractivity contribution in [1.82, 2.24) is 9.80 Å². The summed E-state index contributed by atoms with van der Waals surface area (Å²) in [5.41, 5.74) is 3.34. The number of rotatable bonds is 5. The Kier molecular flexibility index (Phi) is 6.38. The zero-order valence-corrected chi connectivity index (χ0v) is 19.1. The average Bonchev–Trinajstić information content (AvgIpc) is 3.07. The first kappa shape index (κ1) is 22.5. The number of fused-ring (bicyclic) bond motifs is 1. The number of ether oxygens (including phenoxy) is 1. The predicted molar refractivity (Wildman–Crippen MR) is 125 cm³/mol. The van der Waals surface area contributed by atoms with Gasteiger partial charge < -0.3 is 14.9 Å². The summed E-state index contributed by atoms with van der Waals surface area (Å²) in [6.07, 6.45) is 1.77. The monoisotopic (exact) mass is 436 g/mol. The molecule has 170 valence electrons. The van der Waals surface area contributed by atoms with Gasteiger partial charge in [-0.2, -0.15) is 0 Å². The summed E-state index contributed by atoms with van der Waals surface area (Å²) in [6.45, 7) is 11.3. The van der Waals surface area contributed by atoms with Gasteiger partial charge in [-0.25, -0.2) is 0 Å². The number of aromatic hydroxyl groups is 1. The van der Waals surface area contributed by atoms with Crippen molar-refractivity contribution in [2.24, 2.45) is 0 Å². The summed E-state index contributed by atoms with van der Waals surface area (Å²) in [6, 6.07) is 11.4. The first-order valence-electron chi connectivity index (χ1n) is 11.2. The third kappa shape index (κ3) is 4.72. The molecule has 32 heavy (non-hydrogen) atoms. The lowest BCUT2D eigenvalue weighted by Gasteiger charge is -2.34. The van der Waals surface area contributed by atoms with Crippen LogP contribution in [-0.2, 0) is 12.0 Å². The summed E-state index contributed by atoms with van der Waals surface area (Å²) in [4.78, 5) is 17.4. The molecule has 2 heterocycles. The molecule has 0 aliphatic carbocycles. The van der Waals surface area contributed by atoms with Crippen LogP contribution in [0.5, 0.6) is 11.5 Å². The Morgan fingerprint density at radius 3 is 2.28 bits per heavy atom. The standard InChI is InChI=1S/C26H32N2O4/c1-26(2,3)19-6-4-18(5-7-19)16-23-24(31)20-8-9-22(30)21(25(20)32-23)17-28-12-10-27(11-13-28)14-15-29/h4-9,16,29-30H,10-15,17H2,1-3H3. The number of carbonyl (C=O) groups is 1. The number of β-amino-alcohol motifs (C(OH)–C–C–N with tert-alkyl or cyclic N) is 1. The lowest BCUT2D eigenvalue weighted by Crippen LogP contribution is -2.46. The van der Waals surface area contributed by atoms with E-state index in [1.54, 1.807) is 18.2 Å². The van der Waals surface area contributed by atoms with E-state index in [0.717, 1.165) is 31.7 Å². The fourth-order valence-corrected chi connectivity index (χ4v) is 4.22. The Balaban J connectivity index is 1.53. The molecule has 6 heteroatoms. The average molecular weight is 437 g/mol. The Morgan fingerprint density at radius 2 is 1.66 bits per heavy atom. The van der Waals surface area contributed by atoms with Gasteiger partial charge in [-0.05, 0) is 34.8 Å². The van der Waals surface area contributed by atoms with Crippen molar-refractivity contribution in [3.63, 3.8) is 0 Å². The highest BCUT2D eigenvalue weighted by molar-refractivity contribution is 6.15. The van der Waals surface area contributed by atoms with Gasteiger partial charge in [0.05, 0.1) is 17.7 Å². The molecule has 0 atom stereocenters. The Morgan fingerprint density at radius 1 is 1.00 bits per heavy atom. The van der Waals surface area contributed by atoms with Gasteiger partial charge in [-0.3, -0.25) is 14.6 Å². The third-order valence-corrected chi connectivity index (χ3v) is 6.25. The van der Waals surface area contributed by atoms with Gasteiger partial charge >= 0.3 is 0 Å². The van der Waals surface area contributed by atoms with E-state index in [9.17, 15) is 9.90 Å². The van der Waals surface area contributed by atoms with E-state index in [1.807, 2.05) is 12.1 Å². The van der Waals surface area contributed by atoms with Crippen LogP contribution < -0.4 is 4.74 Å². The second-order valence-electron chi connectivity index (χ2n) is 9.59. The zero-order chi connectivity index (χ0) is 22.9. The van der Waals surface area contributed by atoms with E-state index in [2.05, 4.69) is 42.7 Å². The fourth-order valence-electron chi connectivity index (χ4n) is 4.22. The van der Waals surface area contributed by atoms with E-state index in [-0.39, 0.29) is 29.3 Å². The molecule has 2 aliphatic rings. The number of aliphatic hydroxyl groups excluding tert-OH is 1. The molecular weight excluding hydrogens is 404 g/mol. The normalized spacial score (nSPS) is 18.8. The lowest BCUT2D eigenvalue weighted by molar-refractivity contribution is 0.101. The van der Waals surface area contributed by atoms with Crippen molar-refractivity contribution in [2.75, 3.05) is 39.3 Å². The lowest BCUT2D eigenvalue weighted by atomic mass is 9.86. The Labute approximate surface area is 189 Å². The van der Waals surface area contributed by atoms with Crippen molar-refractivity contribution < 1.29 is 19.7 Å². The van der Waals surface area contributed by atoms with Gasteiger partial charge in [0.2, 0.25) is 5.78 Å². The maximum atomic E-state index is 13.0. The van der Waals surface area contributed by atoms with Gasteiger partial charge in [0.1, 0.15) is 11.5 Å². The molecule has 0 bridgehead atoms. The molecule has 0 saturated carbocycles. The molecular formula is C26H32N2O4. The number of hydrogen-bond acceptors (Lipinski definition) is 6. The van der Waals surface area contributed by atoms with Crippen LogP contribution in [0.2, 0.25) is 0 Å². The largest absolute Gasteiger partial charge is 0.507 e. The van der Waals surface area contributed by atoms with Crippen LogP contribution in [0, 0.1) is 0 Å². The van der Waals surface area contributed by atoms with Gasteiger partial charge in [0, 0.05) is 39.3 Å². The molecule has 2 aromatic carbocycles. The van der Waals surface area contributed by atoms with Crippen LogP contribution in [-0.4, -0.2) is 65.1 Å². The molecule has 1 saturated heterocycles. The molecule has 1 fully saturated rings. The number of benzene rings is 2. The minimum Gasteiger partial charge on any atom is -0.507 e. The van der Waals surface area contributed by atoms with Crippen LogP contribution in [0.25, 0.3) is 6.08 Å². The van der Waals surface area contributed by atoms with Crippen molar-refractivity contribution in [1.29, 1.82) is 0 Å². The quantitative estimate of drug-likeness (QED) is 0.700. The van der Waals surface area contributed by atoms with Crippen molar-refractivity contribution in [3.8, 4) is 11.5 Å². The molecule has 0 amide bonds. The maximum absolute atomic E-state index is 13.0. The first-order chi connectivity index (χ1) is 15.3. The molecule has 2 aliphatic heterocycles. The minimum absolute atomic E-state index is 0.0671. The van der Waals surface area contributed by atoms with Crippen molar-refractivity contribution >= 4 is 11.9 Å². The molecule has 0 unspecified atom stereocenters. The smallest absolute Gasteiger partial charge is 0.231 e. The number of ketones is 1. The summed E-state index contributed by atoms with van der Waals surface area (Å²) < 4.78 is 6.02. The van der Waals surface area contributed by atoms with Gasteiger partial charge in [-0.15, -0.1) is 0 Å². The minimum atomic E-state index is -0.158. The highest BCUT2D eigenvalue weighted by Crippen LogP contribution is 2.40. The first-order valence-corrected chi connectivity index (χ1v) is 11.2. The van der Waals surface area contributed by atoms with Crippen LogP contribution in [0.4, 0.5) is 0 Å². The number of piperazine rings is 1. The van der Waals surface area contributed by atoms with Crippen LogP contribution in [0.1, 0.15) is 47.8 Å². The van der Waals surface area contributed by atoms with Crippen molar-refractivity contribution in [2.45, 2.75) is 32.7 Å². The second-order valence-corrected chi connectivity index (χ2v) is 9.59. The summed E-state index contributed by atoms with van der Waals surface area (Å²) in [7, 11) is 0. The van der Waals surface area contributed by atoms with E-state index < -0.39 is 0 Å². The number of phenols is 1. The SMILES string of the molecule is CC(C)(C)c1ccc(C=C2Oc3c(ccc(O)c3CN3CCN(CCO)CC3)C2=O)cc1. The summed E-state index contributed by atoms with van der Waals surface area (Å²) >= 11 is 0. The zero-order valence-electron chi connectivity index (χ0n) is 19.1. The van der Waals surface area contributed by atoms with Gasteiger partial charge in [0.15, 0.2) is 5.76 Å². The Bertz CT molecular complexity index is 1010. The van der Waals surface area contributed by atoms with Gasteiger partial charge in [0.25, 0.3) is 0 Å². The maximum Gasteiger partial charge on any atom is 0.231 e. The van der Waals surface area contributed by atoms with E-state index >= 15 is 0 Å². The second kappa shape index (κ2) is 9.06. The number of aliphatic hydroxyl groups is 1. The van der Waals surface area contributed by atoms with E-state index in [4.69, 9.17) is 9.84 Å². The molecule has 2 aromatic rings. The molecule has 2 N–H and O–H groups in total. The third-order valence-electron chi connectivity index (χ3n) is 6.25. The number of allylic oxidation sites excluding steroid dienone is 1. The summed E-state index contributed by atoms with van der Waals surface area (Å²) in [5, 5.41) is 19.7. The topological polar surface area (TPSA) is 73.2 Å². The van der Waals surface area contributed by atoms with E-state index in [0.29, 0.717) is 30.0 Å². The van der Waals surface area contributed by atoms with E-state index in [1.165, 1.54) is 5.56 Å². The number of Topliss-reactive ketones (excluding diaryl/α,β-unsaturated/α-hetero) is 1. The van der Waals surface area contributed by atoms with Gasteiger partial charge in [-0.1, -0.05) is 45.0 Å². The van der Waals surface area contributed by atoms with Crippen molar-refractivity contribution in [3.05, 3.63) is 64.4 Å².